The Kier molecular flexibility index (Phi) is 7.21. The molecular weight excluding hydrogens is 218 g/mol. The first kappa shape index (κ1) is 14.5. The normalized spacial score (nSPS) is 24.6. The molecule has 0 aliphatic heterocycles. The van der Waals surface area contributed by atoms with Gasteiger partial charge in [0.1, 0.15) is 0 Å². The van der Waals surface area contributed by atoms with Crippen molar-refractivity contribution in [2.75, 3.05) is 19.7 Å². The molecule has 0 spiro atoms. The number of aliphatic hydroxyl groups excluding tert-OH is 1. The summed E-state index contributed by atoms with van der Waals surface area (Å²) < 4.78 is 5.03. The van der Waals surface area contributed by atoms with E-state index in [1.807, 2.05) is 0 Å². The van der Waals surface area contributed by atoms with Crippen LogP contribution >= 0.6 is 0 Å². The van der Waals surface area contributed by atoms with E-state index in [4.69, 9.17) is 4.74 Å². The van der Waals surface area contributed by atoms with Crippen LogP contribution in [0.1, 0.15) is 45.4 Å². The van der Waals surface area contributed by atoms with Gasteiger partial charge < -0.3 is 15.2 Å². The van der Waals surface area contributed by atoms with Gasteiger partial charge in [0.15, 0.2) is 0 Å². The topological polar surface area (TPSA) is 58.6 Å². The number of carbonyl (C=O) groups excluding carboxylic acids is 1. The lowest BCUT2D eigenvalue weighted by atomic mass is 9.86. The fraction of sp³-hybridized carbons (Fsp3) is 0.923. The highest BCUT2D eigenvalue weighted by Gasteiger charge is 2.22. The van der Waals surface area contributed by atoms with Gasteiger partial charge in [0.25, 0.3) is 0 Å². The van der Waals surface area contributed by atoms with E-state index in [0.717, 1.165) is 32.1 Å². The highest BCUT2D eigenvalue weighted by molar-refractivity contribution is 5.71. The lowest BCUT2D eigenvalue weighted by molar-refractivity contribution is -0.142. The maximum Gasteiger partial charge on any atom is 0.319 e. The number of esters is 1. The monoisotopic (exact) mass is 243 g/mol. The van der Waals surface area contributed by atoms with Gasteiger partial charge in [0.2, 0.25) is 0 Å². The van der Waals surface area contributed by atoms with Gasteiger partial charge >= 0.3 is 5.97 Å². The van der Waals surface area contributed by atoms with Crippen LogP contribution < -0.4 is 5.32 Å². The van der Waals surface area contributed by atoms with Crippen LogP contribution in [0, 0.1) is 5.92 Å². The Balaban J connectivity index is 2.04. The summed E-state index contributed by atoms with van der Waals surface area (Å²) in [7, 11) is 0. The molecule has 0 saturated heterocycles. The molecule has 1 aliphatic rings. The Morgan fingerprint density at radius 1 is 1.41 bits per heavy atom. The fourth-order valence-electron chi connectivity index (χ4n) is 2.17. The summed E-state index contributed by atoms with van der Waals surface area (Å²) in [6, 6.07) is 0. The molecule has 2 unspecified atom stereocenters. The Labute approximate surface area is 104 Å². The molecule has 2 N–H and O–H groups in total. The van der Waals surface area contributed by atoms with Crippen molar-refractivity contribution >= 4 is 5.97 Å². The standard InChI is InChI=1S/C13H25NO3/c1-2-3-8-17-13(16)10-14-9-11-6-4-5-7-12(11)15/h11-12,14-15H,2-10H2,1H3. The van der Waals surface area contributed by atoms with Crippen LogP contribution in [0.15, 0.2) is 0 Å². The van der Waals surface area contributed by atoms with Crippen molar-refractivity contribution in [1.82, 2.24) is 5.32 Å². The van der Waals surface area contributed by atoms with E-state index in [-0.39, 0.29) is 18.6 Å². The third-order valence-corrected chi connectivity index (χ3v) is 3.31. The van der Waals surface area contributed by atoms with Gasteiger partial charge in [-0.1, -0.05) is 26.2 Å². The molecule has 17 heavy (non-hydrogen) atoms. The summed E-state index contributed by atoms with van der Waals surface area (Å²) >= 11 is 0. The summed E-state index contributed by atoms with van der Waals surface area (Å²) in [6.45, 7) is 3.55. The molecule has 4 nitrogen and oxygen atoms in total. The van der Waals surface area contributed by atoms with Gasteiger partial charge in [-0.15, -0.1) is 0 Å². The quantitative estimate of drug-likeness (QED) is 0.525. The maximum absolute atomic E-state index is 11.3. The van der Waals surface area contributed by atoms with Crippen LogP contribution in [0.25, 0.3) is 0 Å². The smallest absolute Gasteiger partial charge is 0.319 e. The highest BCUT2D eigenvalue weighted by Crippen LogP contribution is 2.23. The van der Waals surface area contributed by atoms with E-state index in [9.17, 15) is 9.90 Å². The summed E-state index contributed by atoms with van der Waals surface area (Å²) in [4.78, 5) is 11.3. The average Bonchev–Trinajstić information content (AvgIpc) is 2.32. The number of unbranched alkanes of at least 4 members (excludes halogenated alkanes) is 1. The van der Waals surface area contributed by atoms with Crippen LogP contribution in [0.3, 0.4) is 0 Å². The second-order valence-corrected chi connectivity index (χ2v) is 4.82. The van der Waals surface area contributed by atoms with Crippen molar-refractivity contribution in [3.05, 3.63) is 0 Å². The van der Waals surface area contributed by atoms with Crippen molar-refractivity contribution in [2.45, 2.75) is 51.6 Å². The predicted octanol–water partition coefficient (Wildman–Crippen LogP) is 1.47. The second-order valence-electron chi connectivity index (χ2n) is 4.82. The van der Waals surface area contributed by atoms with Crippen molar-refractivity contribution in [2.24, 2.45) is 5.92 Å². The Morgan fingerprint density at radius 3 is 2.88 bits per heavy atom. The van der Waals surface area contributed by atoms with E-state index in [1.165, 1.54) is 6.42 Å². The van der Waals surface area contributed by atoms with E-state index < -0.39 is 0 Å². The Hall–Kier alpha value is -0.610. The van der Waals surface area contributed by atoms with Gasteiger partial charge in [0.05, 0.1) is 19.3 Å². The molecule has 0 bridgehead atoms. The average molecular weight is 243 g/mol. The SMILES string of the molecule is CCCCOC(=O)CNCC1CCCCC1O. The van der Waals surface area contributed by atoms with Crippen molar-refractivity contribution in [3.8, 4) is 0 Å². The van der Waals surface area contributed by atoms with Gasteiger partial charge in [-0.2, -0.15) is 0 Å². The predicted molar refractivity (Wildman–Crippen MR) is 66.7 cm³/mol. The molecule has 0 aromatic carbocycles. The van der Waals surface area contributed by atoms with Crippen LogP contribution in [-0.4, -0.2) is 36.9 Å². The molecule has 1 saturated carbocycles. The Morgan fingerprint density at radius 2 is 2.18 bits per heavy atom. The number of carbonyl (C=O) groups is 1. The second kappa shape index (κ2) is 8.48. The number of rotatable bonds is 7. The molecular formula is C13H25NO3. The van der Waals surface area contributed by atoms with E-state index in [1.54, 1.807) is 0 Å². The van der Waals surface area contributed by atoms with Gasteiger partial charge in [-0.05, 0) is 25.2 Å². The van der Waals surface area contributed by atoms with E-state index in [2.05, 4.69) is 12.2 Å². The highest BCUT2D eigenvalue weighted by atomic mass is 16.5. The minimum atomic E-state index is -0.202. The molecule has 0 aromatic rings. The summed E-state index contributed by atoms with van der Waals surface area (Å²) in [5.74, 6) is 0.107. The minimum absolute atomic E-state index is 0.191. The third kappa shape index (κ3) is 6.03. The van der Waals surface area contributed by atoms with Crippen LogP contribution in [0.4, 0.5) is 0 Å². The van der Waals surface area contributed by atoms with Crippen molar-refractivity contribution in [3.63, 3.8) is 0 Å². The molecule has 4 heteroatoms. The molecule has 1 rings (SSSR count). The van der Waals surface area contributed by atoms with Crippen LogP contribution in [0.5, 0.6) is 0 Å². The lowest BCUT2D eigenvalue weighted by Gasteiger charge is -2.27. The largest absolute Gasteiger partial charge is 0.465 e. The number of aliphatic hydroxyl groups is 1. The first-order valence-electron chi connectivity index (χ1n) is 6.78. The zero-order chi connectivity index (χ0) is 12.5. The van der Waals surface area contributed by atoms with Crippen LogP contribution in [-0.2, 0) is 9.53 Å². The molecule has 0 amide bonds. The molecule has 0 heterocycles. The Bertz CT molecular complexity index is 221. The zero-order valence-corrected chi connectivity index (χ0v) is 10.8. The molecule has 2 atom stereocenters. The van der Waals surface area contributed by atoms with Gasteiger partial charge in [0, 0.05) is 6.54 Å². The van der Waals surface area contributed by atoms with Crippen LogP contribution in [0.2, 0.25) is 0 Å². The van der Waals surface area contributed by atoms with Crippen molar-refractivity contribution in [1.29, 1.82) is 0 Å². The maximum atomic E-state index is 11.3. The lowest BCUT2D eigenvalue weighted by Crippen LogP contribution is -2.36. The molecule has 1 fully saturated rings. The van der Waals surface area contributed by atoms with Gasteiger partial charge in [-0.3, -0.25) is 4.79 Å². The number of hydrogen-bond donors (Lipinski definition) is 2. The molecule has 0 radical (unpaired) electrons. The first-order chi connectivity index (χ1) is 8.24. The van der Waals surface area contributed by atoms with E-state index in [0.29, 0.717) is 19.1 Å². The first-order valence-corrected chi connectivity index (χ1v) is 6.78. The molecule has 1 aliphatic carbocycles. The fourth-order valence-corrected chi connectivity index (χ4v) is 2.17. The molecule has 100 valence electrons. The zero-order valence-electron chi connectivity index (χ0n) is 10.8. The van der Waals surface area contributed by atoms with Gasteiger partial charge in [-0.25, -0.2) is 0 Å². The number of nitrogens with one attached hydrogen (secondary N) is 1. The summed E-state index contributed by atoms with van der Waals surface area (Å²) in [5.41, 5.74) is 0. The summed E-state index contributed by atoms with van der Waals surface area (Å²) in [6.07, 6.45) is 6.02. The third-order valence-electron chi connectivity index (χ3n) is 3.31. The number of hydrogen-bond acceptors (Lipinski definition) is 4. The minimum Gasteiger partial charge on any atom is -0.465 e. The summed E-state index contributed by atoms with van der Waals surface area (Å²) in [5, 5.41) is 12.8. The van der Waals surface area contributed by atoms with Crippen molar-refractivity contribution < 1.29 is 14.6 Å². The molecule has 0 aromatic heterocycles. The number of ether oxygens (including phenoxy) is 1. The van der Waals surface area contributed by atoms with E-state index >= 15 is 0 Å².